The zero-order valence-corrected chi connectivity index (χ0v) is 13.8. The highest BCUT2D eigenvalue weighted by Crippen LogP contribution is 2.36. The third-order valence-electron chi connectivity index (χ3n) is 4.93. The smallest absolute Gasteiger partial charge is 0.130 e. The molecule has 2 aromatic rings. The monoisotopic (exact) mass is 295 g/mol. The number of hydrogen-bond acceptors (Lipinski definition) is 2. The first kappa shape index (κ1) is 15.1. The van der Waals surface area contributed by atoms with Crippen LogP contribution >= 0.6 is 0 Å². The normalized spacial score (nSPS) is 15.8. The van der Waals surface area contributed by atoms with Gasteiger partial charge < -0.3 is 10.1 Å². The second-order valence-electron chi connectivity index (χ2n) is 6.29. The lowest BCUT2D eigenvalue weighted by molar-refractivity contribution is 0.428. The average Bonchev–Trinajstić information content (AvgIpc) is 2.57. The number of para-hydroxylation sites is 1. The molecular formula is C20H25NO. The molecule has 2 heteroatoms. The van der Waals surface area contributed by atoms with Crippen LogP contribution in [0.25, 0.3) is 0 Å². The van der Waals surface area contributed by atoms with E-state index in [1.54, 1.807) is 0 Å². The molecule has 0 amide bonds. The van der Waals surface area contributed by atoms with Crippen molar-refractivity contribution in [3.8, 4) is 11.5 Å². The minimum Gasteiger partial charge on any atom is -0.457 e. The lowest BCUT2D eigenvalue weighted by Gasteiger charge is -2.25. The van der Waals surface area contributed by atoms with Crippen LogP contribution in [-0.4, -0.2) is 13.1 Å². The zero-order valence-electron chi connectivity index (χ0n) is 13.8. The van der Waals surface area contributed by atoms with Gasteiger partial charge in [-0.2, -0.15) is 0 Å². The maximum atomic E-state index is 6.31. The number of nitrogens with one attached hydrogen (secondary N) is 1. The third kappa shape index (κ3) is 3.02. The standard InChI is InChI=1S/C20H25NO/c1-14-8-9-19(16(3)15(14)2)22-20-7-5-4-6-18(20)17-10-12-21-13-11-17/h4-9,17,21H,10-13H2,1-3H3. The summed E-state index contributed by atoms with van der Waals surface area (Å²) in [6, 6.07) is 12.8. The predicted octanol–water partition coefficient (Wildman–Crippen LogP) is 4.87. The lowest BCUT2D eigenvalue weighted by atomic mass is 9.89. The van der Waals surface area contributed by atoms with Gasteiger partial charge in [-0.25, -0.2) is 0 Å². The van der Waals surface area contributed by atoms with Crippen molar-refractivity contribution in [1.82, 2.24) is 5.32 Å². The Balaban J connectivity index is 1.91. The van der Waals surface area contributed by atoms with Crippen LogP contribution in [0.4, 0.5) is 0 Å². The summed E-state index contributed by atoms with van der Waals surface area (Å²) in [5.74, 6) is 2.59. The first-order chi connectivity index (χ1) is 10.7. The zero-order chi connectivity index (χ0) is 15.5. The van der Waals surface area contributed by atoms with E-state index in [4.69, 9.17) is 4.74 Å². The molecule has 0 atom stereocenters. The van der Waals surface area contributed by atoms with E-state index in [0.29, 0.717) is 5.92 Å². The number of ether oxygens (including phenoxy) is 1. The Morgan fingerprint density at radius 3 is 2.36 bits per heavy atom. The minimum atomic E-state index is 0.601. The number of hydrogen-bond donors (Lipinski definition) is 1. The van der Waals surface area contributed by atoms with E-state index in [2.05, 4.69) is 62.5 Å². The van der Waals surface area contributed by atoms with Crippen LogP contribution in [0.5, 0.6) is 11.5 Å². The van der Waals surface area contributed by atoms with E-state index in [0.717, 1.165) is 24.6 Å². The Bertz CT molecular complexity index is 657. The topological polar surface area (TPSA) is 21.3 Å². The molecule has 2 aromatic carbocycles. The van der Waals surface area contributed by atoms with E-state index in [1.165, 1.54) is 35.1 Å². The molecule has 0 unspecified atom stereocenters. The molecule has 1 saturated heterocycles. The lowest BCUT2D eigenvalue weighted by Crippen LogP contribution is -2.26. The van der Waals surface area contributed by atoms with Crippen molar-refractivity contribution < 1.29 is 4.74 Å². The van der Waals surface area contributed by atoms with Crippen LogP contribution in [0, 0.1) is 20.8 Å². The Kier molecular flexibility index (Phi) is 4.49. The molecule has 3 rings (SSSR count). The SMILES string of the molecule is Cc1ccc(Oc2ccccc2C2CCNCC2)c(C)c1C. The van der Waals surface area contributed by atoms with Gasteiger partial charge in [0.15, 0.2) is 0 Å². The quantitative estimate of drug-likeness (QED) is 0.872. The summed E-state index contributed by atoms with van der Waals surface area (Å²) in [6.07, 6.45) is 2.37. The fraction of sp³-hybridized carbons (Fsp3) is 0.400. The number of piperidine rings is 1. The first-order valence-corrected chi connectivity index (χ1v) is 8.21. The molecule has 116 valence electrons. The van der Waals surface area contributed by atoms with Crippen LogP contribution in [0.2, 0.25) is 0 Å². The van der Waals surface area contributed by atoms with Crippen molar-refractivity contribution in [2.45, 2.75) is 39.5 Å². The van der Waals surface area contributed by atoms with Gasteiger partial charge >= 0.3 is 0 Å². The van der Waals surface area contributed by atoms with Gasteiger partial charge in [0, 0.05) is 0 Å². The summed E-state index contributed by atoms with van der Waals surface area (Å²) in [4.78, 5) is 0. The van der Waals surface area contributed by atoms with Crippen molar-refractivity contribution in [3.63, 3.8) is 0 Å². The fourth-order valence-corrected chi connectivity index (χ4v) is 3.20. The van der Waals surface area contributed by atoms with Crippen molar-refractivity contribution >= 4 is 0 Å². The van der Waals surface area contributed by atoms with Crippen LogP contribution in [-0.2, 0) is 0 Å². The molecular weight excluding hydrogens is 270 g/mol. The highest BCUT2D eigenvalue weighted by atomic mass is 16.5. The largest absolute Gasteiger partial charge is 0.457 e. The molecule has 0 bridgehead atoms. The molecule has 1 heterocycles. The van der Waals surface area contributed by atoms with Crippen LogP contribution in [0.15, 0.2) is 36.4 Å². The highest BCUT2D eigenvalue weighted by molar-refractivity contribution is 5.47. The van der Waals surface area contributed by atoms with E-state index in [-0.39, 0.29) is 0 Å². The molecule has 0 radical (unpaired) electrons. The van der Waals surface area contributed by atoms with E-state index < -0.39 is 0 Å². The Labute approximate surface area is 133 Å². The molecule has 2 nitrogen and oxygen atoms in total. The second-order valence-corrected chi connectivity index (χ2v) is 6.29. The molecule has 0 spiro atoms. The van der Waals surface area contributed by atoms with Gasteiger partial charge in [-0.15, -0.1) is 0 Å². The second kappa shape index (κ2) is 6.53. The third-order valence-corrected chi connectivity index (χ3v) is 4.93. The minimum absolute atomic E-state index is 0.601. The van der Waals surface area contributed by atoms with Gasteiger partial charge in [-0.1, -0.05) is 24.3 Å². The molecule has 0 aliphatic carbocycles. The summed E-state index contributed by atoms with van der Waals surface area (Å²) in [6.45, 7) is 8.65. The van der Waals surface area contributed by atoms with Crippen molar-refractivity contribution in [2.75, 3.05) is 13.1 Å². The van der Waals surface area contributed by atoms with Crippen molar-refractivity contribution in [3.05, 3.63) is 58.7 Å². The van der Waals surface area contributed by atoms with Crippen LogP contribution in [0.1, 0.15) is 41.0 Å². The summed E-state index contributed by atoms with van der Waals surface area (Å²) >= 11 is 0. The summed E-state index contributed by atoms with van der Waals surface area (Å²) in [5, 5.41) is 3.44. The summed E-state index contributed by atoms with van der Waals surface area (Å²) < 4.78 is 6.31. The molecule has 1 fully saturated rings. The molecule has 1 aliphatic rings. The highest BCUT2D eigenvalue weighted by Gasteiger charge is 2.19. The summed E-state index contributed by atoms with van der Waals surface area (Å²) in [5.41, 5.74) is 5.22. The summed E-state index contributed by atoms with van der Waals surface area (Å²) in [7, 11) is 0. The van der Waals surface area contributed by atoms with Gasteiger partial charge in [0.1, 0.15) is 11.5 Å². The molecule has 1 aliphatic heterocycles. The van der Waals surface area contributed by atoms with Crippen molar-refractivity contribution in [2.24, 2.45) is 0 Å². The van der Waals surface area contributed by atoms with Gasteiger partial charge in [0.2, 0.25) is 0 Å². The predicted molar refractivity (Wildman–Crippen MR) is 92.0 cm³/mol. The number of aryl methyl sites for hydroxylation is 1. The van der Waals surface area contributed by atoms with Crippen LogP contribution in [0.3, 0.4) is 0 Å². The van der Waals surface area contributed by atoms with E-state index >= 15 is 0 Å². The molecule has 0 saturated carbocycles. The maximum absolute atomic E-state index is 6.31. The van der Waals surface area contributed by atoms with Crippen LogP contribution < -0.4 is 10.1 Å². The Morgan fingerprint density at radius 1 is 0.864 bits per heavy atom. The van der Waals surface area contributed by atoms with E-state index in [1.807, 2.05) is 0 Å². The van der Waals surface area contributed by atoms with Crippen molar-refractivity contribution in [1.29, 1.82) is 0 Å². The molecule has 0 aromatic heterocycles. The fourth-order valence-electron chi connectivity index (χ4n) is 3.20. The molecule has 22 heavy (non-hydrogen) atoms. The maximum Gasteiger partial charge on any atom is 0.130 e. The Hall–Kier alpha value is -1.80. The Morgan fingerprint density at radius 2 is 1.59 bits per heavy atom. The number of rotatable bonds is 3. The van der Waals surface area contributed by atoms with Gasteiger partial charge in [0.25, 0.3) is 0 Å². The van der Waals surface area contributed by atoms with Gasteiger partial charge in [-0.3, -0.25) is 0 Å². The average molecular weight is 295 g/mol. The molecule has 1 N–H and O–H groups in total. The van der Waals surface area contributed by atoms with Gasteiger partial charge in [-0.05, 0) is 87.0 Å². The first-order valence-electron chi connectivity index (χ1n) is 8.21. The van der Waals surface area contributed by atoms with Gasteiger partial charge in [0.05, 0.1) is 0 Å². The van der Waals surface area contributed by atoms with E-state index in [9.17, 15) is 0 Å². The number of benzene rings is 2.